The Bertz CT molecular complexity index is 5300. The minimum absolute atomic E-state index is 0.0222. The highest BCUT2D eigenvalue weighted by molar-refractivity contribution is 6.39. The van der Waals surface area contributed by atoms with Crippen LogP contribution in [0.25, 0.3) is 33.4 Å². The van der Waals surface area contributed by atoms with Gasteiger partial charge in [-0.2, -0.15) is 10.1 Å². The van der Waals surface area contributed by atoms with Gasteiger partial charge in [-0.1, -0.05) is 89.3 Å². The summed E-state index contributed by atoms with van der Waals surface area (Å²) in [4.78, 5) is 142. The minimum atomic E-state index is -2.44. The van der Waals surface area contributed by atoms with Gasteiger partial charge >= 0.3 is 12.1 Å². The van der Waals surface area contributed by atoms with Gasteiger partial charge in [0.25, 0.3) is 23.6 Å². The molecule has 1 saturated carbocycles. The second-order valence-corrected chi connectivity index (χ2v) is 36.9. The smallest absolute Gasteiger partial charge is 0.407 e. The molecular weight excluding hydrogens is 1690 g/mol. The van der Waals surface area contributed by atoms with Crippen molar-refractivity contribution in [1.29, 1.82) is 0 Å². The van der Waals surface area contributed by atoms with Gasteiger partial charge in [0.1, 0.15) is 53.8 Å². The number of amides is 4. The summed E-state index contributed by atoms with van der Waals surface area (Å²) in [6.45, 7) is 21.6. The first-order valence-corrected chi connectivity index (χ1v) is 46.8. The van der Waals surface area contributed by atoms with Crippen molar-refractivity contribution in [2.45, 2.75) is 219 Å². The first kappa shape index (κ1) is 97.0. The number of aromatic nitrogens is 9. The number of esters is 1. The molecule has 1 aliphatic carbocycles. The van der Waals surface area contributed by atoms with Gasteiger partial charge in [-0.15, -0.1) is 0 Å². The number of anilines is 4. The molecular formula is C97H130N18O17. The number of hydrogen-bond acceptors (Lipinski definition) is 30. The van der Waals surface area contributed by atoms with Crippen molar-refractivity contribution in [3.05, 3.63) is 143 Å². The molecule has 5 fully saturated rings. The van der Waals surface area contributed by atoms with Crippen LogP contribution in [0.3, 0.4) is 0 Å². The normalized spacial score (nSPS) is 27.9. The lowest BCUT2D eigenvalue weighted by Crippen LogP contribution is -2.61. The van der Waals surface area contributed by atoms with Crippen molar-refractivity contribution >= 4 is 87.2 Å². The summed E-state index contributed by atoms with van der Waals surface area (Å²) in [6, 6.07) is 10.8. The van der Waals surface area contributed by atoms with Gasteiger partial charge in [-0.3, -0.25) is 28.9 Å². The van der Waals surface area contributed by atoms with Gasteiger partial charge in [0.15, 0.2) is 17.0 Å². The van der Waals surface area contributed by atoms with E-state index in [2.05, 4.69) is 68.2 Å². The number of benzene rings is 2. The molecule has 0 unspecified atom stereocenters. The number of ether oxygens (including phenoxy) is 7. The molecule has 5 aromatic heterocycles. The van der Waals surface area contributed by atoms with Crippen LogP contribution in [0.1, 0.15) is 171 Å². The Balaban J connectivity index is 0.495. The molecule has 35 nitrogen and oxygen atoms in total. The van der Waals surface area contributed by atoms with E-state index in [9.17, 15) is 43.8 Å². The van der Waals surface area contributed by atoms with Crippen LogP contribution in [0.4, 0.5) is 28.5 Å². The fraction of sp³-hybridized carbons (Fsp3) is 0.577. The molecule has 0 radical (unpaired) electrons. The molecule has 7 aromatic rings. The maximum atomic E-state index is 14.8. The van der Waals surface area contributed by atoms with E-state index < -0.39 is 90.1 Å². The van der Waals surface area contributed by atoms with E-state index in [-0.39, 0.29) is 73.2 Å². The third-order valence-electron chi connectivity index (χ3n) is 27.5. The number of fused-ring (bicyclic) bond motifs is 6. The number of nitrogen functional groups attached to an aromatic ring is 2. The number of aliphatic hydroxyl groups is 2. The summed E-state index contributed by atoms with van der Waals surface area (Å²) in [5.74, 6) is -5.54. The van der Waals surface area contributed by atoms with Crippen LogP contribution in [-0.4, -0.2) is 277 Å². The van der Waals surface area contributed by atoms with Crippen molar-refractivity contribution in [3.8, 4) is 11.3 Å². The molecule has 35 heteroatoms. The number of methoxy groups -OCH3 is 3. The number of Topliss-reactive ketones (excluding diaryl/α,β-unsaturated/α-hetero) is 2. The van der Waals surface area contributed by atoms with Crippen molar-refractivity contribution in [2.24, 2.45) is 35.5 Å². The lowest BCUT2D eigenvalue weighted by atomic mass is 9.78. The van der Waals surface area contributed by atoms with E-state index in [1.165, 1.54) is 18.3 Å². The fourth-order valence-corrected chi connectivity index (χ4v) is 19.6. The van der Waals surface area contributed by atoms with Gasteiger partial charge < -0.3 is 89.1 Å². The summed E-state index contributed by atoms with van der Waals surface area (Å²) >= 11 is 0. The van der Waals surface area contributed by atoms with Crippen molar-refractivity contribution in [3.63, 3.8) is 0 Å². The molecule has 7 N–H and O–H groups in total. The number of oxazole rings is 1. The van der Waals surface area contributed by atoms with E-state index >= 15 is 0 Å². The van der Waals surface area contributed by atoms with Crippen LogP contribution in [0, 0.1) is 35.5 Å². The maximum absolute atomic E-state index is 14.8. The van der Waals surface area contributed by atoms with Crippen LogP contribution in [0.5, 0.6) is 0 Å². The molecule has 0 spiro atoms. The number of allylic oxidation sites excluding steroid dienone is 6. The van der Waals surface area contributed by atoms with Crippen LogP contribution in [-0.2, 0) is 83.2 Å². The third kappa shape index (κ3) is 23.8. The van der Waals surface area contributed by atoms with Crippen LogP contribution < -0.4 is 26.6 Å². The van der Waals surface area contributed by atoms with Gasteiger partial charge in [0, 0.05) is 161 Å². The van der Waals surface area contributed by atoms with Crippen molar-refractivity contribution in [2.75, 3.05) is 128 Å². The van der Waals surface area contributed by atoms with E-state index in [0.29, 0.717) is 224 Å². The first-order chi connectivity index (χ1) is 63.6. The lowest BCUT2D eigenvalue weighted by molar-refractivity contribution is -0.265. The van der Waals surface area contributed by atoms with Crippen LogP contribution in [0.15, 0.2) is 120 Å². The standard InChI is InChI=1S/C97H130N18O17/c1-59-16-12-11-13-17-61(3)79(125-8)50-73-25-20-65(7)97(124,132-73)87(119)91(121)114-31-15-14-18-75(114)92(122)129-76(26-19-60(2)45-64(6)85(118)86(127-10)84(117)63(5)44-59)62(4)46-66-22-27-78(80(48-66)126-9)131-96(123)104-53-68-51-100-94(101-52-68)112-39-37-110(38-40-112)81(116)30-42-128-43-41-109-33-35-111(36-34-109)95-102-54-72(55-103-95)90(120)113-32-29-69-47-67(21-23-71(69)57-113)56-115-89-82(88(98)105-58-106-89)83(108-115)70-24-28-77-74(49-70)107-93(99)130-77/h11-13,16-17,21,23-24,28,45,47,49,51-52,54-55,58-60,62-63,65-66,73,75-76,78-80,85-86,118,124H,14-15,18-20,22,25-27,29-44,46,48,50,53,56-57H2,1-10H3,(H2,99,107)(H,104,123)(H2,98,105,106)/b13-11+,16-12+,61-17+,64-45+/t59-,60+,62-,63-,65-,66+,73+,75+,76+,78-,79+,80-,85-,86+,97-/m1/s1. The van der Waals surface area contributed by atoms with Gasteiger partial charge in [-0.05, 0) is 167 Å². The molecule has 4 saturated heterocycles. The number of rotatable bonds is 21. The van der Waals surface area contributed by atoms with Crippen molar-refractivity contribution in [1.82, 2.24) is 69.6 Å². The Hall–Kier alpha value is -11.1. The van der Waals surface area contributed by atoms with Crippen LogP contribution in [0.2, 0.25) is 0 Å². The summed E-state index contributed by atoms with van der Waals surface area (Å²) < 4.78 is 49.8. The Morgan fingerprint density at radius 3 is 2.20 bits per heavy atom. The number of carbonyl (C=O) groups is 7. The SMILES string of the molecule is CO[C@H]1C[C@@H]2CC[C@@H](C)[C@@](O)(O2)C(=O)C(=O)N2CCCC[C@H]2C(=O)O[C@H]([C@H](C)C[C@@H]2CC[C@@H](OC(=O)NCc3cnc(N4CCN(C(=O)CCOCCN5CCN(c6ncc(C(=O)N7CCc8cc(Cn9nc(-c%10ccc%11oc(N)nc%11c%10)c%10c(N)ncnc%109)ccc8C7)cn6)CC5)CC4)nc3)[C@H](OC)C2)CC[C@H](C)/C=C(\C)[C@@H](O)[C@@H](OC)C(=O)[C@H](C)C[C@H](C)/C=C/C=C/C=C/1C. The zero-order valence-electron chi connectivity index (χ0n) is 77.7. The Labute approximate surface area is 770 Å². The summed E-state index contributed by atoms with van der Waals surface area (Å²) in [6.07, 6.45) is 21.3. The molecule has 2 aromatic carbocycles. The Morgan fingerprint density at radius 1 is 0.712 bits per heavy atom. The second kappa shape index (κ2) is 44.7. The third-order valence-corrected chi connectivity index (χ3v) is 27.5. The predicted octanol–water partition coefficient (Wildman–Crippen LogP) is 9.75. The highest BCUT2D eigenvalue weighted by Gasteiger charge is 2.53. The van der Waals surface area contributed by atoms with E-state index in [4.69, 9.17) is 54.1 Å². The molecule has 6 aliphatic heterocycles. The number of nitrogens with zero attached hydrogens (tertiary/aromatic N) is 15. The molecule has 15 atom stereocenters. The van der Waals surface area contributed by atoms with E-state index in [0.717, 1.165) is 40.9 Å². The highest BCUT2D eigenvalue weighted by atomic mass is 16.6. The maximum Gasteiger partial charge on any atom is 0.407 e. The molecule has 710 valence electrons. The number of carbonyl (C=O) groups excluding carboxylic acids is 7. The number of piperazine rings is 2. The number of alkyl carbamates (subject to hydrolysis) is 1. The number of piperidine rings is 1. The number of cyclic esters (lactones) is 1. The average Bonchev–Trinajstić information content (AvgIpc) is 1.63. The number of nitrogens with two attached hydrogens (primary N) is 2. The number of aliphatic hydroxyl groups excluding tert-OH is 1. The minimum Gasteiger partial charge on any atom is -0.461 e. The Morgan fingerprint density at radius 2 is 1.46 bits per heavy atom. The molecule has 4 amide bonds. The first-order valence-electron chi connectivity index (χ1n) is 46.8. The number of ketones is 2. The lowest BCUT2D eigenvalue weighted by Gasteiger charge is -2.42. The van der Waals surface area contributed by atoms with Crippen LogP contribution >= 0.6 is 0 Å². The quantitative estimate of drug-likeness (QED) is 0.0193. The van der Waals surface area contributed by atoms with E-state index in [1.807, 2.05) is 103 Å². The highest BCUT2D eigenvalue weighted by Crippen LogP contribution is 2.41. The molecule has 2 bridgehead atoms. The number of nitrogens with one attached hydrogen (secondary N) is 1. The summed E-state index contributed by atoms with van der Waals surface area (Å²) in [5, 5.41) is 32.4. The predicted molar refractivity (Wildman–Crippen MR) is 494 cm³/mol. The summed E-state index contributed by atoms with van der Waals surface area (Å²) in [5.41, 5.74) is 21.2. The zero-order valence-corrected chi connectivity index (χ0v) is 77.7. The monoisotopic (exact) mass is 1820 g/mol. The summed E-state index contributed by atoms with van der Waals surface area (Å²) in [7, 11) is 4.61. The topological polar surface area (TPSA) is 429 Å². The van der Waals surface area contributed by atoms with E-state index in [1.54, 1.807) is 58.9 Å². The average molecular weight is 1820 g/mol. The molecule has 7 aliphatic rings. The van der Waals surface area contributed by atoms with Gasteiger partial charge in [0.2, 0.25) is 23.6 Å². The second-order valence-electron chi connectivity index (χ2n) is 36.9. The molecule has 14 rings (SSSR count). The fourth-order valence-electron chi connectivity index (χ4n) is 19.6. The molecule has 132 heavy (non-hydrogen) atoms. The largest absolute Gasteiger partial charge is 0.461 e. The van der Waals surface area contributed by atoms with Crippen molar-refractivity contribution < 1.29 is 81.4 Å². The zero-order chi connectivity index (χ0) is 93.4. The number of hydrogen-bond donors (Lipinski definition) is 5. The Kier molecular flexibility index (Phi) is 32.8. The van der Waals surface area contributed by atoms with Gasteiger partial charge in [-0.25, -0.2) is 44.2 Å². The molecule has 11 heterocycles. The van der Waals surface area contributed by atoms with Gasteiger partial charge in [0.05, 0.1) is 55.4 Å².